The predicted octanol–water partition coefficient (Wildman–Crippen LogP) is 2.94. The van der Waals surface area contributed by atoms with Crippen molar-refractivity contribution in [2.24, 2.45) is 5.41 Å². The number of ether oxygens (including phenoxy) is 1. The average Bonchev–Trinajstić information content (AvgIpc) is 2.32. The van der Waals surface area contributed by atoms with E-state index in [1.165, 1.54) is 0 Å². The average molecular weight is 281 g/mol. The van der Waals surface area contributed by atoms with Crippen LogP contribution in [0.4, 0.5) is 11.9 Å². The quantitative estimate of drug-likeness (QED) is 0.800. The van der Waals surface area contributed by atoms with E-state index in [-0.39, 0.29) is 11.5 Å². The van der Waals surface area contributed by atoms with Crippen LogP contribution in [0.5, 0.6) is 6.01 Å². The number of aromatic nitrogens is 3. The highest BCUT2D eigenvalue weighted by Crippen LogP contribution is 2.16. The van der Waals surface area contributed by atoms with Gasteiger partial charge in [0.25, 0.3) is 0 Å². The van der Waals surface area contributed by atoms with E-state index in [4.69, 9.17) is 4.74 Å². The highest BCUT2D eigenvalue weighted by Gasteiger charge is 2.13. The Balaban J connectivity index is 2.85. The third-order valence-corrected chi connectivity index (χ3v) is 2.27. The number of rotatable bonds is 7. The van der Waals surface area contributed by atoms with Crippen molar-refractivity contribution in [3.05, 3.63) is 0 Å². The first-order valence-electron chi connectivity index (χ1n) is 7.20. The summed E-state index contributed by atoms with van der Waals surface area (Å²) < 4.78 is 5.57. The predicted molar refractivity (Wildman–Crippen MR) is 82.3 cm³/mol. The Hall–Kier alpha value is -1.59. The third-order valence-electron chi connectivity index (χ3n) is 2.27. The first-order valence-corrected chi connectivity index (χ1v) is 7.20. The molecule has 0 unspecified atom stereocenters. The lowest BCUT2D eigenvalue weighted by atomic mass is 9.97. The number of anilines is 2. The van der Waals surface area contributed by atoms with Crippen molar-refractivity contribution < 1.29 is 4.74 Å². The minimum absolute atomic E-state index is 0.0342. The van der Waals surface area contributed by atoms with Gasteiger partial charge in [-0.3, -0.25) is 0 Å². The molecule has 1 aromatic rings. The van der Waals surface area contributed by atoms with E-state index in [1.54, 1.807) is 0 Å². The summed E-state index contributed by atoms with van der Waals surface area (Å²) in [6, 6.07) is 0.352. The van der Waals surface area contributed by atoms with Crippen LogP contribution in [-0.2, 0) is 0 Å². The molecule has 0 aliphatic rings. The standard InChI is InChI=1S/C14H27N5O/c1-7-8-15-11-17-12(16-9-14(4,5)6)19-13(18-11)20-10(2)3/h10H,7-9H2,1-6H3,(H2,15,16,17,18,19). The van der Waals surface area contributed by atoms with E-state index in [0.717, 1.165) is 19.5 Å². The summed E-state index contributed by atoms with van der Waals surface area (Å²) in [4.78, 5) is 12.9. The molecule has 0 fully saturated rings. The number of hydrogen-bond acceptors (Lipinski definition) is 6. The minimum Gasteiger partial charge on any atom is -0.461 e. The zero-order valence-corrected chi connectivity index (χ0v) is 13.4. The van der Waals surface area contributed by atoms with Crippen LogP contribution in [0.1, 0.15) is 48.0 Å². The SMILES string of the molecule is CCCNc1nc(NCC(C)(C)C)nc(OC(C)C)n1. The molecule has 0 aliphatic heterocycles. The Morgan fingerprint density at radius 1 is 1.05 bits per heavy atom. The Kier molecular flexibility index (Phi) is 5.98. The lowest BCUT2D eigenvalue weighted by Crippen LogP contribution is -2.21. The van der Waals surface area contributed by atoms with Gasteiger partial charge in [0.15, 0.2) is 0 Å². The second-order valence-corrected chi connectivity index (χ2v) is 6.27. The van der Waals surface area contributed by atoms with Crippen LogP contribution in [0.25, 0.3) is 0 Å². The minimum atomic E-state index is 0.0342. The monoisotopic (exact) mass is 281 g/mol. The fourth-order valence-corrected chi connectivity index (χ4v) is 1.36. The second kappa shape index (κ2) is 7.26. The fraction of sp³-hybridized carbons (Fsp3) is 0.786. The van der Waals surface area contributed by atoms with Crippen molar-refractivity contribution in [3.63, 3.8) is 0 Å². The Morgan fingerprint density at radius 3 is 2.15 bits per heavy atom. The molecule has 0 aromatic carbocycles. The van der Waals surface area contributed by atoms with E-state index < -0.39 is 0 Å². The van der Waals surface area contributed by atoms with Gasteiger partial charge in [0, 0.05) is 13.1 Å². The molecule has 1 heterocycles. The third kappa shape index (κ3) is 6.54. The van der Waals surface area contributed by atoms with Crippen molar-refractivity contribution >= 4 is 11.9 Å². The summed E-state index contributed by atoms with van der Waals surface area (Å²) in [6.45, 7) is 14.1. The highest BCUT2D eigenvalue weighted by atomic mass is 16.5. The molecular formula is C14H27N5O. The summed E-state index contributed by atoms with van der Waals surface area (Å²) in [5, 5.41) is 6.40. The summed E-state index contributed by atoms with van der Waals surface area (Å²) in [6.07, 6.45) is 1.04. The number of nitrogens with zero attached hydrogens (tertiary/aromatic N) is 3. The summed E-state index contributed by atoms with van der Waals surface area (Å²) in [7, 11) is 0. The molecule has 0 saturated heterocycles. The van der Waals surface area contributed by atoms with Crippen LogP contribution < -0.4 is 15.4 Å². The van der Waals surface area contributed by atoms with Crippen LogP contribution in [0, 0.1) is 5.41 Å². The molecule has 20 heavy (non-hydrogen) atoms. The van der Waals surface area contributed by atoms with Gasteiger partial charge in [0.1, 0.15) is 0 Å². The molecule has 0 aliphatic carbocycles. The molecular weight excluding hydrogens is 254 g/mol. The number of nitrogens with one attached hydrogen (secondary N) is 2. The van der Waals surface area contributed by atoms with Gasteiger partial charge in [-0.2, -0.15) is 15.0 Å². The molecule has 1 rings (SSSR count). The molecule has 0 atom stereocenters. The van der Waals surface area contributed by atoms with E-state index in [9.17, 15) is 0 Å². The lowest BCUT2D eigenvalue weighted by molar-refractivity contribution is 0.222. The van der Waals surface area contributed by atoms with E-state index in [1.807, 2.05) is 13.8 Å². The first-order chi connectivity index (χ1) is 9.30. The van der Waals surface area contributed by atoms with Crippen molar-refractivity contribution in [2.75, 3.05) is 23.7 Å². The molecule has 0 saturated carbocycles. The largest absolute Gasteiger partial charge is 0.461 e. The van der Waals surface area contributed by atoms with Gasteiger partial charge in [-0.05, 0) is 25.7 Å². The molecule has 2 N–H and O–H groups in total. The van der Waals surface area contributed by atoms with Crippen molar-refractivity contribution in [3.8, 4) is 6.01 Å². The smallest absolute Gasteiger partial charge is 0.323 e. The number of hydrogen-bond donors (Lipinski definition) is 2. The molecule has 0 amide bonds. The topological polar surface area (TPSA) is 72.0 Å². The van der Waals surface area contributed by atoms with Gasteiger partial charge in [0.05, 0.1) is 6.10 Å². The van der Waals surface area contributed by atoms with E-state index in [0.29, 0.717) is 17.9 Å². The van der Waals surface area contributed by atoms with Gasteiger partial charge in [-0.15, -0.1) is 0 Å². The van der Waals surface area contributed by atoms with Gasteiger partial charge in [0.2, 0.25) is 11.9 Å². The van der Waals surface area contributed by atoms with Crippen LogP contribution in [0.2, 0.25) is 0 Å². The lowest BCUT2D eigenvalue weighted by Gasteiger charge is -2.19. The highest BCUT2D eigenvalue weighted by molar-refractivity contribution is 5.36. The zero-order chi connectivity index (χ0) is 15.2. The summed E-state index contributed by atoms with van der Waals surface area (Å²) in [5.74, 6) is 1.10. The first kappa shape index (κ1) is 16.5. The maximum Gasteiger partial charge on any atom is 0.323 e. The molecule has 1 aromatic heterocycles. The van der Waals surface area contributed by atoms with Crippen molar-refractivity contribution in [1.29, 1.82) is 0 Å². The Labute approximate surface area is 121 Å². The summed E-state index contributed by atoms with van der Waals surface area (Å²) in [5.41, 5.74) is 0.155. The van der Waals surface area contributed by atoms with Gasteiger partial charge < -0.3 is 15.4 Å². The van der Waals surface area contributed by atoms with Gasteiger partial charge >= 0.3 is 6.01 Å². The zero-order valence-electron chi connectivity index (χ0n) is 13.4. The Bertz CT molecular complexity index is 415. The Morgan fingerprint density at radius 2 is 1.65 bits per heavy atom. The maximum atomic E-state index is 5.57. The fourth-order valence-electron chi connectivity index (χ4n) is 1.36. The van der Waals surface area contributed by atoms with Gasteiger partial charge in [-0.25, -0.2) is 0 Å². The van der Waals surface area contributed by atoms with Gasteiger partial charge in [-0.1, -0.05) is 27.7 Å². The molecule has 0 radical (unpaired) electrons. The normalized spacial score (nSPS) is 11.6. The van der Waals surface area contributed by atoms with E-state index in [2.05, 4.69) is 53.3 Å². The van der Waals surface area contributed by atoms with Crippen LogP contribution in [0.15, 0.2) is 0 Å². The molecule has 0 bridgehead atoms. The summed E-state index contributed by atoms with van der Waals surface area (Å²) >= 11 is 0. The van der Waals surface area contributed by atoms with Crippen LogP contribution >= 0.6 is 0 Å². The molecule has 6 nitrogen and oxygen atoms in total. The second-order valence-electron chi connectivity index (χ2n) is 6.27. The van der Waals surface area contributed by atoms with Crippen LogP contribution in [0.3, 0.4) is 0 Å². The van der Waals surface area contributed by atoms with Crippen molar-refractivity contribution in [2.45, 2.75) is 54.1 Å². The maximum absolute atomic E-state index is 5.57. The van der Waals surface area contributed by atoms with Crippen LogP contribution in [-0.4, -0.2) is 34.1 Å². The molecule has 0 spiro atoms. The van der Waals surface area contributed by atoms with Crippen molar-refractivity contribution in [1.82, 2.24) is 15.0 Å². The molecule has 114 valence electrons. The molecule has 6 heteroatoms. The van der Waals surface area contributed by atoms with E-state index >= 15 is 0 Å².